The number of hydrogen-bond donors (Lipinski definition) is 1. The second-order valence-electron chi connectivity index (χ2n) is 3.95. The Kier molecular flexibility index (Phi) is 3.00. The average molecular weight is 244 g/mol. The van der Waals surface area contributed by atoms with Crippen LogP contribution in [0.2, 0.25) is 0 Å². The first kappa shape index (κ1) is 11.6. The third-order valence-corrected chi connectivity index (χ3v) is 4.52. The van der Waals surface area contributed by atoms with Crippen LogP contribution in [0.1, 0.15) is 13.3 Å². The van der Waals surface area contributed by atoms with Crippen molar-refractivity contribution in [2.45, 2.75) is 31.0 Å². The highest BCUT2D eigenvalue weighted by molar-refractivity contribution is 7.89. The lowest BCUT2D eigenvalue weighted by atomic mass is 10.3. The Morgan fingerprint density at radius 2 is 2.38 bits per heavy atom. The fourth-order valence-electron chi connectivity index (χ4n) is 1.75. The van der Waals surface area contributed by atoms with E-state index in [0.29, 0.717) is 26.1 Å². The molecule has 2 N–H and O–H groups in total. The Hall–Kier alpha value is -0.920. The molecule has 0 aromatic carbocycles. The highest BCUT2D eigenvalue weighted by Crippen LogP contribution is 2.18. The van der Waals surface area contributed by atoms with Gasteiger partial charge in [0.15, 0.2) is 5.03 Å². The fraction of sp³-hybridized carbons (Fsp3) is 0.667. The molecule has 1 saturated heterocycles. The van der Waals surface area contributed by atoms with Crippen molar-refractivity contribution in [3.05, 3.63) is 12.5 Å². The largest absolute Gasteiger partial charge is 0.336 e. The molecule has 0 saturated carbocycles. The highest BCUT2D eigenvalue weighted by Gasteiger charge is 2.32. The van der Waals surface area contributed by atoms with Gasteiger partial charge in [-0.25, -0.2) is 13.4 Å². The highest BCUT2D eigenvalue weighted by atomic mass is 32.2. The summed E-state index contributed by atoms with van der Waals surface area (Å²) in [7, 11) is -3.44. The van der Waals surface area contributed by atoms with Crippen LogP contribution in [0.5, 0.6) is 0 Å². The molecule has 16 heavy (non-hydrogen) atoms. The Labute approximate surface area is 95.1 Å². The average Bonchev–Trinajstić information content (AvgIpc) is 2.85. The zero-order chi connectivity index (χ0) is 11.8. The van der Waals surface area contributed by atoms with E-state index in [2.05, 4.69) is 4.98 Å². The minimum atomic E-state index is -3.44. The van der Waals surface area contributed by atoms with Crippen LogP contribution < -0.4 is 5.73 Å². The molecule has 2 rings (SSSR count). The van der Waals surface area contributed by atoms with E-state index in [-0.39, 0.29) is 11.1 Å². The lowest BCUT2D eigenvalue weighted by molar-refractivity contribution is 0.470. The number of hydrogen-bond acceptors (Lipinski definition) is 4. The summed E-state index contributed by atoms with van der Waals surface area (Å²) in [6, 6.07) is -0.0527. The van der Waals surface area contributed by atoms with Gasteiger partial charge in [0.05, 0.1) is 6.33 Å². The molecule has 0 radical (unpaired) electrons. The molecule has 0 amide bonds. The first-order chi connectivity index (χ1) is 7.54. The number of nitrogens with zero attached hydrogens (tertiary/aromatic N) is 3. The Morgan fingerprint density at radius 1 is 1.62 bits per heavy atom. The van der Waals surface area contributed by atoms with Crippen LogP contribution in [-0.2, 0) is 16.6 Å². The minimum absolute atomic E-state index is 0.0527. The van der Waals surface area contributed by atoms with Crippen molar-refractivity contribution in [2.24, 2.45) is 5.73 Å². The zero-order valence-corrected chi connectivity index (χ0v) is 10.0. The normalized spacial score (nSPS) is 22.8. The van der Waals surface area contributed by atoms with Crippen LogP contribution in [0, 0.1) is 0 Å². The van der Waals surface area contributed by atoms with Crippen LogP contribution in [0.4, 0.5) is 0 Å². The molecule has 1 aliphatic rings. The summed E-state index contributed by atoms with van der Waals surface area (Å²) >= 11 is 0. The summed E-state index contributed by atoms with van der Waals surface area (Å²) in [5.41, 5.74) is 5.70. The van der Waals surface area contributed by atoms with E-state index in [9.17, 15) is 8.42 Å². The summed E-state index contributed by atoms with van der Waals surface area (Å²) in [6.07, 6.45) is 3.80. The van der Waals surface area contributed by atoms with Crippen molar-refractivity contribution in [2.75, 3.05) is 13.1 Å². The molecule has 1 atom stereocenters. The molecule has 90 valence electrons. The number of aromatic nitrogens is 2. The maximum atomic E-state index is 12.1. The molecule has 1 fully saturated rings. The standard InChI is InChI=1S/C9H16N4O2S/c1-2-12-6-9(11-7-12)16(14,15)13-4-3-8(10)5-13/h6-8H,2-5,10H2,1H3/t8-/m0/s1. The predicted molar refractivity (Wildman–Crippen MR) is 59.3 cm³/mol. The van der Waals surface area contributed by atoms with Crippen LogP contribution in [-0.4, -0.2) is 41.4 Å². The lowest BCUT2D eigenvalue weighted by Gasteiger charge is -2.13. The molecule has 1 aromatic heterocycles. The van der Waals surface area contributed by atoms with Gasteiger partial charge in [-0.05, 0) is 13.3 Å². The summed E-state index contributed by atoms with van der Waals surface area (Å²) in [6.45, 7) is 3.52. The van der Waals surface area contributed by atoms with Gasteiger partial charge in [-0.1, -0.05) is 0 Å². The number of imidazole rings is 1. The van der Waals surface area contributed by atoms with E-state index in [4.69, 9.17) is 5.73 Å². The van der Waals surface area contributed by atoms with Crippen LogP contribution in [0.25, 0.3) is 0 Å². The van der Waals surface area contributed by atoms with E-state index < -0.39 is 10.0 Å². The Bertz CT molecular complexity index is 468. The van der Waals surface area contributed by atoms with Gasteiger partial charge in [0.25, 0.3) is 10.0 Å². The zero-order valence-electron chi connectivity index (χ0n) is 9.20. The fourth-order valence-corrected chi connectivity index (χ4v) is 3.20. The van der Waals surface area contributed by atoms with E-state index in [1.807, 2.05) is 6.92 Å². The monoisotopic (exact) mass is 244 g/mol. The molecule has 2 heterocycles. The number of sulfonamides is 1. The van der Waals surface area contributed by atoms with Crippen LogP contribution >= 0.6 is 0 Å². The SMILES string of the molecule is CCn1cnc(S(=O)(=O)N2CC[C@H](N)C2)c1. The van der Waals surface area contributed by atoms with Gasteiger partial charge in [0.1, 0.15) is 0 Å². The van der Waals surface area contributed by atoms with Gasteiger partial charge in [-0.3, -0.25) is 0 Å². The summed E-state index contributed by atoms with van der Waals surface area (Å²) in [5, 5.41) is 0.114. The van der Waals surface area contributed by atoms with Gasteiger partial charge in [0, 0.05) is 31.9 Å². The van der Waals surface area contributed by atoms with Crippen molar-refractivity contribution >= 4 is 10.0 Å². The van der Waals surface area contributed by atoms with Crippen molar-refractivity contribution in [3.8, 4) is 0 Å². The molecule has 1 aromatic rings. The second-order valence-corrected chi connectivity index (χ2v) is 5.84. The summed E-state index contributed by atoms with van der Waals surface area (Å²) in [5.74, 6) is 0. The Balaban J connectivity index is 2.25. The van der Waals surface area contributed by atoms with Gasteiger partial charge >= 0.3 is 0 Å². The summed E-state index contributed by atoms with van der Waals surface area (Å²) < 4.78 is 27.3. The van der Waals surface area contributed by atoms with Crippen molar-refractivity contribution < 1.29 is 8.42 Å². The Morgan fingerprint density at radius 3 is 2.88 bits per heavy atom. The predicted octanol–water partition coefficient (Wildman–Crippen LogP) is -0.375. The number of nitrogens with two attached hydrogens (primary N) is 1. The maximum Gasteiger partial charge on any atom is 0.262 e. The van der Waals surface area contributed by atoms with Crippen molar-refractivity contribution in [1.29, 1.82) is 0 Å². The van der Waals surface area contributed by atoms with Crippen LogP contribution in [0.3, 0.4) is 0 Å². The van der Waals surface area contributed by atoms with E-state index >= 15 is 0 Å². The molecule has 6 nitrogen and oxygen atoms in total. The molecule has 0 aliphatic carbocycles. The third kappa shape index (κ3) is 1.98. The van der Waals surface area contributed by atoms with Gasteiger partial charge in [-0.2, -0.15) is 4.31 Å². The molecular formula is C9H16N4O2S. The molecule has 7 heteroatoms. The quantitative estimate of drug-likeness (QED) is 0.786. The van der Waals surface area contributed by atoms with Gasteiger partial charge < -0.3 is 10.3 Å². The smallest absolute Gasteiger partial charge is 0.262 e. The van der Waals surface area contributed by atoms with Gasteiger partial charge in [-0.15, -0.1) is 0 Å². The third-order valence-electron chi connectivity index (χ3n) is 2.77. The first-order valence-electron chi connectivity index (χ1n) is 5.31. The molecular weight excluding hydrogens is 228 g/mol. The van der Waals surface area contributed by atoms with E-state index in [1.165, 1.54) is 10.6 Å². The number of aryl methyl sites for hydroxylation is 1. The maximum absolute atomic E-state index is 12.1. The molecule has 1 aliphatic heterocycles. The molecule has 0 spiro atoms. The van der Waals surface area contributed by atoms with Crippen molar-refractivity contribution in [3.63, 3.8) is 0 Å². The molecule has 0 unspecified atom stereocenters. The second kappa shape index (κ2) is 4.15. The van der Waals surface area contributed by atoms with Crippen LogP contribution in [0.15, 0.2) is 17.6 Å². The lowest BCUT2D eigenvalue weighted by Crippen LogP contribution is -2.32. The topological polar surface area (TPSA) is 81.2 Å². The minimum Gasteiger partial charge on any atom is -0.336 e. The summed E-state index contributed by atoms with van der Waals surface area (Å²) in [4.78, 5) is 3.92. The van der Waals surface area contributed by atoms with E-state index in [1.54, 1.807) is 10.8 Å². The van der Waals surface area contributed by atoms with Crippen molar-refractivity contribution in [1.82, 2.24) is 13.9 Å². The number of rotatable bonds is 3. The van der Waals surface area contributed by atoms with E-state index in [0.717, 1.165) is 0 Å². The molecule has 0 bridgehead atoms. The van der Waals surface area contributed by atoms with Gasteiger partial charge in [0.2, 0.25) is 0 Å². The first-order valence-corrected chi connectivity index (χ1v) is 6.75.